The zero-order valence-electron chi connectivity index (χ0n) is 85.1. The minimum atomic E-state index is -0.760. The maximum Gasteiger partial charge on any atom is 0.148 e. The van der Waals surface area contributed by atoms with E-state index in [4.69, 9.17) is 38.6 Å². The van der Waals surface area contributed by atoms with Crippen LogP contribution in [0.4, 0.5) is 0 Å². The highest BCUT2D eigenvalue weighted by Crippen LogP contribution is 2.44. The van der Waals surface area contributed by atoms with Crippen LogP contribution in [0.1, 0.15) is 320 Å². The van der Waals surface area contributed by atoms with Crippen molar-refractivity contribution in [3.8, 4) is 0 Å². The van der Waals surface area contributed by atoms with Crippen LogP contribution in [-0.4, -0.2) is 122 Å². The SMILES string of the molecule is CCCCCCCCCC[C@@H](C=O)OCc1ccccc1.CCCCCCCCCC[C@@H](CO)OCc1ccccc1.CCCCCCCCCC[C@H](O)COC(c1ccccc1)(c1ccccc1)c1ccccc1.CCCCCCCCCC[C@H](O)COC(c1ccccc1)(c1ccccc1)c1ccccc1.CO.OC[C@@H]1CO1.c1ccc(C(OC[C@@H]2CO2)(c2ccccc2)c2ccccc2)cc1. The molecule has 0 unspecified atom stereocenters. The molecular formula is C126H172O13. The van der Waals surface area contributed by atoms with E-state index in [-0.39, 0.29) is 37.6 Å². The monoisotopic (exact) mass is 1890 g/mol. The average Bonchev–Trinajstić information content (AvgIpc) is 0.947. The van der Waals surface area contributed by atoms with Crippen LogP contribution in [0, 0.1) is 0 Å². The minimum absolute atomic E-state index is 0.00898. The van der Waals surface area contributed by atoms with Crippen LogP contribution >= 0.6 is 0 Å². The molecule has 0 radical (unpaired) electrons. The van der Waals surface area contributed by atoms with Crippen molar-refractivity contribution in [2.24, 2.45) is 0 Å². The normalized spacial score (nSPS) is 13.9. The molecule has 0 bridgehead atoms. The summed E-state index contributed by atoms with van der Waals surface area (Å²) in [4.78, 5) is 11.0. The summed E-state index contributed by atoms with van der Waals surface area (Å²) < 4.78 is 41.5. The Morgan fingerprint density at radius 1 is 0.288 bits per heavy atom. The molecule has 0 spiro atoms. The van der Waals surface area contributed by atoms with Gasteiger partial charge >= 0.3 is 0 Å². The van der Waals surface area contributed by atoms with E-state index in [1.807, 2.05) is 103 Å². The number of carbonyl (C=O) groups excluding carboxylic acids is 1. The van der Waals surface area contributed by atoms with Gasteiger partial charge in [-0.15, -0.1) is 0 Å². The summed E-state index contributed by atoms with van der Waals surface area (Å²) in [5, 5.41) is 46.1. The molecule has 139 heavy (non-hydrogen) atoms. The molecule has 0 aliphatic carbocycles. The van der Waals surface area contributed by atoms with Crippen molar-refractivity contribution in [2.75, 3.05) is 53.4 Å². The van der Waals surface area contributed by atoms with Crippen LogP contribution in [0.5, 0.6) is 0 Å². The van der Waals surface area contributed by atoms with E-state index in [1.165, 1.54) is 185 Å². The molecule has 0 amide bonds. The zero-order valence-corrected chi connectivity index (χ0v) is 85.1. The number of benzene rings is 11. The second-order valence-corrected chi connectivity index (χ2v) is 36.8. The maximum atomic E-state index is 11.0. The number of carbonyl (C=O) groups is 1. The van der Waals surface area contributed by atoms with Crippen molar-refractivity contribution in [1.82, 2.24) is 0 Å². The molecule has 13 heteroatoms. The van der Waals surface area contributed by atoms with Crippen LogP contribution in [0.2, 0.25) is 0 Å². The Hall–Kier alpha value is -9.39. The number of hydrogen-bond donors (Lipinski definition) is 5. The summed E-state index contributed by atoms with van der Waals surface area (Å²) in [7, 11) is 1.00. The summed E-state index contributed by atoms with van der Waals surface area (Å²) in [6, 6.07) is 114. The van der Waals surface area contributed by atoms with Gasteiger partial charge in [0.15, 0.2) is 0 Å². The van der Waals surface area contributed by atoms with Gasteiger partial charge < -0.3 is 63.5 Å². The molecule has 0 saturated carbocycles. The Labute approximate surface area is 838 Å². The summed E-state index contributed by atoms with van der Waals surface area (Å²) in [5.74, 6) is 0. The average molecular weight is 1890 g/mol. The lowest BCUT2D eigenvalue weighted by molar-refractivity contribution is -0.119. The molecule has 13 rings (SSSR count). The zero-order chi connectivity index (χ0) is 98.7. The van der Waals surface area contributed by atoms with Crippen LogP contribution in [0.3, 0.4) is 0 Å². The molecule has 5 N–H and O–H groups in total. The second kappa shape index (κ2) is 74.5. The van der Waals surface area contributed by atoms with Crippen molar-refractivity contribution in [2.45, 2.75) is 325 Å². The van der Waals surface area contributed by atoms with Gasteiger partial charge in [0.2, 0.25) is 0 Å². The van der Waals surface area contributed by atoms with Crippen LogP contribution < -0.4 is 0 Å². The molecule has 11 aromatic rings. The van der Waals surface area contributed by atoms with E-state index < -0.39 is 29.0 Å². The molecule has 11 aromatic carbocycles. The van der Waals surface area contributed by atoms with E-state index in [2.05, 4.69) is 263 Å². The number of ether oxygens (including phenoxy) is 7. The fourth-order valence-corrected chi connectivity index (χ4v) is 17.5. The first kappa shape index (κ1) is 117. The van der Waals surface area contributed by atoms with Gasteiger partial charge in [0.25, 0.3) is 0 Å². The Morgan fingerprint density at radius 3 is 0.727 bits per heavy atom. The summed E-state index contributed by atoms with van der Waals surface area (Å²) in [6.07, 6.45) is 44.7. The van der Waals surface area contributed by atoms with Gasteiger partial charge in [0.05, 0.1) is 77.8 Å². The van der Waals surface area contributed by atoms with Gasteiger partial charge in [0.1, 0.15) is 41.4 Å². The van der Waals surface area contributed by atoms with Crippen LogP contribution in [0.15, 0.2) is 334 Å². The van der Waals surface area contributed by atoms with Gasteiger partial charge in [-0.1, -0.05) is 567 Å². The van der Waals surface area contributed by atoms with Gasteiger partial charge in [-0.3, -0.25) is 0 Å². The molecule has 6 atom stereocenters. The van der Waals surface area contributed by atoms with E-state index in [0.29, 0.717) is 33.0 Å². The summed E-state index contributed by atoms with van der Waals surface area (Å²) in [5.41, 5.74) is 9.96. The Kier molecular flexibility index (Phi) is 62.5. The Bertz CT molecular complexity index is 4170. The molecule has 13 nitrogen and oxygen atoms in total. The fraction of sp³-hybridized carbons (Fsp3) is 0.468. The number of aliphatic hydroxyl groups is 5. The number of unbranched alkanes of at least 4 members (excludes halogenated alkanes) is 28. The molecule has 2 saturated heterocycles. The molecule has 2 aliphatic heterocycles. The number of epoxide rings is 2. The van der Waals surface area contributed by atoms with Gasteiger partial charge in [0, 0.05) is 7.11 Å². The summed E-state index contributed by atoms with van der Waals surface area (Å²) >= 11 is 0. The predicted molar refractivity (Wildman–Crippen MR) is 574 cm³/mol. The van der Waals surface area contributed by atoms with Crippen LogP contribution in [0.25, 0.3) is 0 Å². The predicted octanol–water partition coefficient (Wildman–Crippen LogP) is 29.5. The van der Waals surface area contributed by atoms with Gasteiger partial charge in [-0.05, 0) is 86.9 Å². The van der Waals surface area contributed by atoms with E-state index in [0.717, 1.165) is 134 Å². The van der Waals surface area contributed by atoms with Gasteiger partial charge in [-0.25, -0.2) is 0 Å². The molecular weight excluding hydrogens is 1720 g/mol. The largest absolute Gasteiger partial charge is 0.400 e. The van der Waals surface area contributed by atoms with Crippen LogP contribution in [-0.2, 0) is 68.0 Å². The third-order valence-corrected chi connectivity index (χ3v) is 25.6. The van der Waals surface area contributed by atoms with E-state index >= 15 is 0 Å². The highest BCUT2D eigenvalue weighted by atomic mass is 16.6. The Balaban J connectivity index is 0.000000235. The lowest BCUT2D eigenvalue weighted by Crippen LogP contribution is -2.35. The third kappa shape index (κ3) is 45.6. The lowest BCUT2D eigenvalue weighted by atomic mass is 9.80. The number of aliphatic hydroxyl groups excluding tert-OH is 5. The first-order chi connectivity index (χ1) is 68.6. The maximum absolute atomic E-state index is 11.0. The molecule has 0 aromatic heterocycles. The lowest BCUT2D eigenvalue weighted by Gasteiger charge is -2.36. The quantitative estimate of drug-likeness (QED) is 0.0105. The van der Waals surface area contributed by atoms with E-state index in [9.17, 15) is 20.1 Å². The van der Waals surface area contributed by atoms with Crippen molar-refractivity contribution in [3.63, 3.8) is 0 Å². The van der Waals surface area contributed by atoms with E-state index in [1.54, 1.807) is 0 Å². The fourth-order valence-electron chi connectivity index (χ4n) is 17.5. The van der Waals surface area contributed by atoms with Crippen molar-refractivity contribution < 1.29 is 63.5 Å². The third-order valence-electron chi connectivity index (χ3n) is 25.6. The molecule has 2 heterocycles. The number of aldehydes is 1. The van der Waals surface area contributed by atoms with Gasteiger partial charge in [-0.2, -0.15) is 0 Å². The smallest absolute Gasteiger partial charge is 0.148 e. The molecule has 754 valence electrons. The van der Waals surface area contributed by atoms with Crippen molar-refractivity contribution >= 4 is 6.29 Å². The molecule has 2 fully saturated rings. The molecule has 2 aliphatic rings. The number of rotatable bonds is 63. The highest BCUT2D eigenvalue weighted by Gasteiger charge is 2.42. The standard InChI is InChI=1S/2C31H40O2.C22H20O2.C19H32O2.C19H30O2.C3H6O2.CH4O/c2*1-2-3-4-5-6-7-8-18-25-30(32)26-33-31(27-19-12-9-13-20-27,28-21-14-10-15-22-28)29-23-16-11-17-24-29;1-4-10-18(11-5-1)22(24-17-21-16-23-21,19-12-6-2-7-13-19)20-14-8-3-9-15-20;2*1-2-3-4-5-6-7-8-12-15-19(16-20)21-17-18-13-10-9-11-14-18;4-1-3-2-5-3;1-2/h2*9-17,19-24,30,32H,2-8,18,25-26H2,1H3;1-15,21H,16-17H2;9-11,13-14,19-20H,2-8,12,15-17H2,1H3;9-11,13-14,16,19H,2-8,12,15,17H2,1H3;3-4H,1-2H2;2H,1H3/t2*30-;21-;2*19-;3-;/m000001./s1. The topological polar surface area (TPSA) is 189 Å². The first-order valence-electron chi connectivity index (χ1n) is 53.0. The minimum Gasteiger partial charge on any atom is -0.400 e. The van der Waals surface area contributed by atoms with Crippen molar-refractivity contribution in [1.29, 1.82) is 0 Å². The first-order valence-corrected chi connectivity index (χ1v) is 53.0. The van der Waals surface area contributed by atoms with Crippen molar-refractivity contribution in [3.05, 3.63) is 395 Å². The number of hydrogen-bond acceptors (Lipinski definition) is 13. The summed E-state index contributed by atoms with van der Waals surface area (Å²) in [6.45, 7) is 13.2. The Morgan fingerprint density at radius 2 is 0.504 bits per heavy atom. The highest BCUT2D eigenvalue weighted by molar-refractivity contribution is 5.56. The second-order valence-electron chi connectivity index (χ2n) is 36.8.